The Labute approximate surface area is 96.0 Å². The second kappa shape index (κ2) is 7.63. The molecule has 1 heterocycles. The maximum absolute atomic E-state index is 5.38. The van der Waals surface area contributed by atoms with Crippen LogP contribution in [0.2, 0.25) is 0 Å². The molecule has 0 atom stereocenters. The van der Waals surface area contributed by atoms with E-state index in [9.17, 15) is 0 Å². The van der Waals surface area contributed by atoms with Crippen molar-refractivity contribution in [1.82, 2.24) is 5.32 Å². The van der Waals surface area contributed by atoms with Crippen molar-refractivity contribution in [1.29, 1.82) is 0 Å². The highest BCUT2D eigenvalue weighted by molar-refractivity contribution is 7.11. The summed E-state index contributed by atoms with van der Waals surface area (Å²) >= 11 is 1.81. The molecule has 0 aliphatic rings. The van der Waals surface area contributed by atoms with E-state index in [1.165, 1.54) is 16.2 Å². The van der Waals surface area contributed by atoms with Crippen molar-refractivity contribution in [2.24, 2.45) is 0 Å². The van der Waals surface area contributed by atoms with Crippen molar-refractivity contribution >= 4 is 11.3 Å². The molecule has 1 rings (SSSR count). The van der Waals surface area contributed by atoms with Crippen molar-refractivity contribution in [3.8, 4) is 0 Å². The zero-order chi connectivity index (χ0) is 10.9. The Morgan fingerprint density at radius 1 is 1.47 bits per heavy atom. The predicted molar refractivity (Wildman–Crippen MR) is 66.2 cm³/mol. The van der Waals surface area contributed by atoms with Crippen LogP contribution < -0.4 is 5.32 Å². The van der Waals surface area contributed by atoms with E-state index in [2.05, 4.69) is 31.0 Å². The van der Waals surface area contributed by atoms with Gasteiger partial charge in [0.15, 0.2) is 0 Å². The van der Waals surface area contributed by atoms with Gasteiger partial charge in [-0.15, -0.1) is 17.9 Å². The smallest absolute Gasteiger partial charge is 0.0813 e. The van der Waals surface area contributed by atoms with Crippen molar-refractivity contribution in [3.63, 3.8) is 0 Å². The summed E-state index contributed by atoms with van der Waals surface area (Å²) in [5.41, 5.74) is 0. The van der Waals surface area contributed by atoms with Gasteiger partial charge in [0.25, 0.3) is 0 Å². The van der Waals surface area contributed by atoms with Gasteiger partial charge in [0.1, 0.15) is 0 Å². The first-order chi connectivity index (χ1) is 7.36. The lowest BCUT2D eigenvalue weighted by Gasteiger charge is -1.99. The molecular formula is C12H19NOS. The Kier molecular flexibility index (Phi) is 6.32. The second-order valence-corrected chi connectivity index (χ2v) is 4.60. The second-order valence-electron chi connectivity index (χ2n) is 3.35. The highest BCUT2D eigenvalue weighted by Crippen LogP contribution is 2.17. The molecule has 0 amide bonds. The minimum atomic E-state index is 0.626. The van der Waals surface area contributed by atoms with E-state index in [4.69, 9.17) is 4.74 Å². The first kappa shape index (κ1) is 12.4. The third-order valence-corrected chi connectivity index (χ3v) is 2.98. The van der Waals surface area contributed by atoms with E-state index < -0.39 is 0 Å². The van der Waals surface area contributed by atoms with Crippen LogP contribution in [0.1, 0.15) is 23.1 Å². The lowest BCUT2D eigenvalue weighted by molar-refractivity contribution is 0.151. The molecular weight excluding hydrogens is 206 g/mol. The molecule has 2 nitrogen and oxygen atoms in total. The van der Waals surface area contributed by atoms with Crippen LogP contribution in [-0.2, 0) is 17.9 Å². The SMILES string of the molecule is C=CCOCc1ccc(CNCCC)s1. The standard InChI is InChI=1S/C12H19NOS/c1-3-7-13-9-11-5-6-12(15-11)10-14-8-4-2/h4-6,13H,2-3,7-10H2,1H3. The molecule has 0 spiro atoms. The molecule has 0 fully saturated rings. The summed E-state index contributed by atoms with van der Waals surface area (Å²) < 4.78 is 5.38. The van der Waals surface area contributed by atoms with Gasteiger partial charge in [0.2, 0.25) is 0 Å². The van der Waals surface area contributed by atoms with Gasteiger partial charge in [-0.25, -0.2) is 0 Å². The lowest BCUT2D eigenvalue weighted by Crippen LogP contribution is -2.12. The maximum Gasteiger partial charge on any atom is 0.0813 e. The Balaban J connectivity index is 2.25. The van der Waals surface area contributed by atoms with Gasteiger partial charge < -0.3 is 10.1 Å². The summed E-state index contributed by atoms with van der Waals surface area (Å²) in [5.74, 6) is 0. The Morgan fingerprint density at radius 2 is 2.27 bits per heavy atom. The Hall–Kier alpha value is -0.640. The van der Waals surface area contributed by atoms with Crippen molar-refractivity contribution in [2.45, 2.75) is 26.5 Å². The molecule has 15 heavy (non-hydrogen) atoms. The molecule has 1 aromatic rings. The van der Waals surface area contributed by atoms with Crippen molar-refractivity contribution in [2.75, 3.05) is 13.2 Å². The molecule has 0 saturated heterocycles. The van der Waals surface area contributed by atoms with Gasteiger partial charge in [-0.2, -0.15) is 0 Å². The Bertz CT molecular complexity index is 283. The monoisotopic (exact) mass is 225 g/mol. The molecule has 3 heteroatoms. The van der Waals surface area contributed by atoms with E-state index in [0.29, 0.717) is 13.2 Å². The number of hydrogen-bond acceptors (Lipinski definition) is 3. The molecule has 1 aromatic heterocycles. The normalized spacial score (nSPS) is 10.5. The molecule has 84 valence electrons. The van der Waals surface area contributed by atoms with Gasteiger partial charge in [0, 0.05) is 16.3 Å². The minimum Gasteiger partial charge on any atom is -0.372 e. The molecule has 0 unspecified atom stereocenters. The number of rotatable bonds is 8. The number of ether oxygens (including phenoxy) is 1. The van der Waals surface area contributed by atoms with Gasteiger partial charge in [-0.1, -0.05) is 13.0 Å². The minimum absolute atomic E-state index is 0.626. The number of hydrogen-bond donors (Lipinski definition) is 1. The van der Waals surface area contributed by atoms with E-state index in [0.717, 1.165) is 13.1 Å². The van der Waals surface area contributed by atoms with Crippen LogP contribution in [0.5, 0.6) is 0 Å². The summed E-state index contributed by atoms with van der Waals surface area (Å²) in [6, 6.07) is 4.30. The quantitative estimate of drug-likeness (QED) is 0.542. The van der Waals surface area contributed by atoms with Crippen LogP contribution in [0, 0.1) is 0 Å². The van der Waals surface area contributed by atoms with Crippen molar-refractivity contribution in [3.05, 3.63) is 34.5 Å². The lowest BCUT2D eigenvalue weighted by atomic mass is 10.4. The van der Waals surface area contributed by atoms with Gasteiger partial charge in [-0.05, 0) is 25.1 Å². The van der Waals surface area contributed by atoms with Crippen LogP contribution in [-0.4, -0.2) is 13.2 Å². The van der Waals surface area contributed by atoms with E-state index in [-0.39, 0.29) is 0 Å². The molecule has 0 aliphatic heterocycles. The van der Waals surface area contributed by atoms with E-state index in [1.54, 1.807) is 6.08 Å². The zero-order valence-corrected chi connectivity index (χ0v) is 10.1. The molecule has 0 aliphatic carbocycles. The topological polar surface area (TPSA) is 21.3 Å². The predicted octanol–water partition coefficient (Wildman–Crippen LogP) is 2.95. The first-order valence-corrected chi connectivity index (χ1v) is 6.15. The summed E-state index contributed by atoms with van der Waals surface area (Å²) in [6.45, 7) is 9.17. The van der Waals surface area contributed by atoms with Gasteiger partial charge in [-0.3, -0.25) is 0 Å². The fourth-order valence-corrected chi connectivity index (χ4v) is 2.15. The average Bonchev–Trinajstić information content (AvgIpc) is 2.67. The van der Waals surface area contributed by atoms with Crippen LogP contribution in [0.3, 0.4) is 0 Å². The average molecular weight is 225 g/mol. The maximum atomic E-state index is 5.38. The number of nitrogens with one attached hydrogen (secondary N) is 1. The summed E-state index contributed by atoms with van der Waals surface area (Å²) in [4.78, 5) is 2.66. The summed E-state index contributed by atoms with van der Waals surface area (Å²) in [5, 5.41) is 3.39. The molecule has 0 bridgehead atoms. The third-order valence-electron chi connectivity index (χ3n) is 1.92. The van der Waals surface area contributed by atoms with Crippen molar-refractivity contribution < 1.29 is 4.74 Å². The largest absolute Gasteiger partial charge is 0.372 e. The van der Waals surface area contributed by atoms with Crippen LogP contribution >= 0.6 is 11.3 Å². The van der Waals surface area contributed by atoms with Crippen LogP contribution in [0.25, 0.3) is 0 Å². The van der Waals surface area contributed by atoms with Crippen LogP contribution in [0.15, 0.2) is 24.8 Å². The highest BCUT2D eigenvalue weighted by Gasteiger charge is 1.99. The summed E-state index contributed by atoms with van der Waals surface area (Å²) in [6.07, 6.45) is 2.96. The molecule has 0 radical (unpaired) electrons. The number of thiophene rings is 1. The fraction of sp³-hybridized carbons (Fsp3) is 0.500. The van der Waals surface area contributed by atoms with E-state index in [1.807, 2.05) is 11.3 Å². The zero-order valence-electron chi connectivity index (χ0n) is 9.29. The van der Waals surface area contributed by atoms with Gasteiger partial charge in [0.05, 0.1) is 13.2 Å². The van der Waals surface area contributed by atoms with Crippen LogP contribution in [0.4, 0.5) is 0 Å². The fourth-order valence-electron chi connectivity index (χ4n) is 1.23. The highest BCUT2D eigenvalue weighted by atomic mass is 32.1. The first-order valence-electron chi connectivity index (χ1n) is 5.33. The molecule has 1 N–H and O–H groups in total. The molecule has 0 aromatic carbocycles. The Morgan fingerprint density at radius 3 is 3.00 bits per heavy atom. The van der Waals surface area contributed by atoms with E-state index >= 15 is 0 Å². The third kappa shape index (κ3) is 5.11. The summed E-state index contributed by atoms with van der Waals surface area (Å²) in [7, 11) is 0. The van der Waals surface area contributed by atoms with Gasteiger partial charge >= 0.3 is 0 Å². The molecule has 0 saturated carbocycles.